The molecule has 3 heterocycles. The highest BCUT2D eigenvalue weighted by Crippen LogP contribution is 2.30. The summed E-state index contributed by atoms with van der Waals surface area (Å²) in [5, 5.41) is 4.13. The van der Waals surface area contributed by atoms with Crippen LogP contribution in [0.2, 0.25) is 0 Å². The van der Waals surface area contributed by atoms with Crippen molar-refractivity contribution in [3.05, 3.63) is 94.5 Å². The third-order valence-corrected chi connectivity index (χ3v) is 17.6. The number of aryl methyl sites for hydroxylation is 1. The summed E-state index contributed by atoms with van der Waals surface area (Å²) in [4.78, 5) is 4.24. The SMILES string of the molecule is C.C=CS(=O)(=O)c1ccc(S(=O)(=O)c2ccc(CC)s2)cc1.NCc1ccc(S(=O)(=O)c2ccc(S(=O)(=O)CCN3CCCNCC3)cc2)s1. The number of rotatable bonds is 12. The molecule has 0 radical (unpaired) electrons. The molecule has 0 unspecified atom stereocenters. The van der Waals surface area contributed by atoms with Gasteiger partial charge in [0.15, 0.2) is 19.7 Å². The number of sulfone groups is 4. The molecule has 0 saturated carbocycles. The summed E-state index contributed by atoms with van der Waals surface area (Å²) in [5.74, 6) is 0.0177. The minimum atomic E-state index is -3.67. The Labute approximate surface area is 304 Å². The lowest BCUT2D eigenvalue weighted by Gasteiger charge is -2.19. The number of nitrogens with zero attached hydrogens (tertiary/aromatic N) is 1. The molecule has 3 N–H and O–H groups in total. The summed E-state index contributed by atoms with van der Waals surface area (Å²) >= 11 is 2.35. The number of nitrogens with one attached hydrogen (secondary N) is 1. The average molecular weight is 802 g/mol. The van der Waals surface area contributed by atoms with Crippen molar-refractivity contribution in [3.8, 4) is 0 Å². The first-order valence-corrected chi connectivity index (χ1v) is 23.0. The third kappa shape index (κ3) is 10.2. The van der Waals surface area contributed by atoms with Gasteiger partial charge in [0, 0.05) is 41.3 Å². The van der Waals surface area contributed by atoms with Gasteiger partial charge in [-0.2, -0.15) is 0 Å². The van der Waals surface area contributed by atoms with Crippen molar-refractivity contribution in [2.45, 2.75) is 61.7 Å². The summed E-state index contributed by atoms with van der Waals surface area (Å²) in [6.07, 6.45) is 1.78. The van der Waals surface area contributed by atoms with E-state index in [1.54, 1.807) is 18.2 Å². The zero-order valence-corrected chi connectivity index (χ0v) is 31.7. The van der Waals surface area contributed by atoms with Crippen LogP contribution in [0.1, 0.15) is 30.5 Å². The summed E-state index contributed by atoms with van der Waals surface area (Å²) < 4.78 is 99.2. The zero-order chi connectivity index (χ0) is 35.9. The van der Waals surface area contributed by atoms with E-state index in [2.05, 4.69) is 16.8 Å². The van der Waals surface area contributed by atoms with Gasteiger partial charge in [0.1, 0.15) is 8.42 Å². The van der Waals surface area contributed by atoms with Crippen LogP contribution in [0.4, 0.5) is 0 Å². The van der Waals surface area contributed by atoms with Crippen LogP contribution in [0.3, 0.4) is 0 Å². The number of hydrogen-bond acceptors (Lipinski definition) is 13. The van der Waals surface area contributed by atoms with E-state index in [1.807, 2.05) is 6.92 Å². The Bertz CT molecular complexity index is 2170. The predicted octanol–water partition coefficient (Wildman–Crippen LogP) is 4.81. The van der Waals surface area contributed by atoms with Gasteiger partial charge in [-0.05, 0) is 98.7 Å². The van der Waals surface area contributed by atoms with Gasteiger partial charge in [-0.25, -0.2) is 33.7 Å². The van der Waals surface area contributed by atoms with Gasteiger partial charge < -0.3 is 16.0 Å². The Hall–Kier alpha value is -2.74. The Morgan fingerprint density at radius 1 is 0.720 bits per heavy atom. The van der Waals surface area contributed by atoms with E-state index in [9.17, 15) is 33.7 Å². The summed E-state index contributed by atoms with van der Waals surface area (Å²) in [7, 11) is -14.3. The van der Waals surface area contributed by atoms with Crippen LogP contribution in [-0.4, -0.2) is 77.0 Å². The second-order valence-electron chi connectivity index (χ2n) is 10.9. The lowest BCUT2D eigenvalue weighted by atomic mass is 10.4. The second kappa shape index (κ2) is 17.7. The molecule has 5 rings (SSSR count). The van der Waals surface area contributed by atoms with Crippen LogP contribution in [0.25, 0.3) is 0 Å². The molecular weight excluding hydrogens is 759 g/mol. The van der Waals surface area contributed by atoms with Crippen molar-refractivity contribution in [2.75, 3.05) is 38.5 Å². The summed E-state index contributed by atoms with van der Waals surface area (Å²) in [6, 6.07) is 17.2. The summed E-state index contributed by atoms with van der Waals surface area (Å²) in [6.45, 7) is 9.47. The molecule has 11 nitrogen and oxygen atoms in total. The maximum atomic E-state index is 12.7. The Morgan fingerprint density at radius 2 is 1.22 bits per heavy atom. The number of nitrogens with two attached hydrogens (primary N) is 1. The Kier molecular flexibility index (Phi) is 14.7. The van der Waals surface area contributed by atoms with Crippen LogP contribution in [0, 0.1) is 0 Å². The number of benzene rings is 2. The van der Waals surface area contributed by atoms with Crippen molar-refractivity contribution in [3.63, 3.8) is 0 Å². The highest BCUT2D eigenvalue weighted by Gasteiger charge is 2.23. The molecule has 274 valence electrons. The van der Waals surface area contributed by atoms with Crippen molar-refractivity contribution in [2.24, 2.45) is 5.73 Å². The van der Waals surface area contributed by atoms with Crippen molar-refractivity contribution in [1.82, 2.24) is 10.2 Å². The van der Waals surface area contributed by atoms with Crippen LogP contribution < -0.4 is 11.1 Å². The monoisotopic (exact) mass is 801 g/mol. The molecule has 50 heavy (non-hydrogen) atoms. The first-order valence-electron chi connectivity index (χ1n) is 15.2. The van der Waals surface area contributed by atoms with E-state index in [0.717, 1.165) is 65.5 Å². The quantitative estimate of drug-likeness (QED) is 0.201. The molecule has 2 aromatic heterocycles. The highest BCUT2D eigenvalue weighted by molar-refractivity contribution is 7.94. The maximum absolute atomic E-state index is 12.7. The fourth-order valence-electron chi connectivity index (χ4n) is 4.76. The molecule has 1 aliphatic heterocycles. The minimum Gasteiger partial charge on any atom is -0.326 e. The molecule has 1 aliphatic rings. The predicted molar refractivity (Wildman–Crippen MR) is 200 cm³/mol. The molecule has 17 heteroatoms. The molecule has 1 fully saturated rings. The molecule has 0 spiro atoms. The van der Waals surface area contributed by atoms with Crippen LogP contribution >= 0.6 is 22.7 Å². The fraction of sp³-hybridized carbons (Fsp3) is 0.333. The van der Waals surface area contributed by atoms with Gasteiger partial charge in [0.2, 0.25) is 19.7 Å². The Balaban J connectivity index is 0.000000276. The van der Waals surface area contributed by atoms with Gasteiger partial charge in [0.25, 0.3) is 0 Å². The van der Waals surface area contributed by atoms with E-state index >= 15 is 0 Å². The fourth-order valence-corrected chi connectivity index (χ4v) is 12.1. The molecule has 0 aliphatic carbocycles. The van der Waals surface area contributed by atoms with Crippen LogP contribution in [0.5, 0.6) is 0 Å². The van der Waals surface area contributed by atoms with Crippen molar-refractivity contribution >= 4 is 62.0 Å². The van der Waals surface area contributed by atoms with E-state index in [1.165, 1.54) is 65.9 Å². The molecular formula is C33H43N3O8S6. The third-order valence-electron chi connectivity index (χ3n) is 7.64. The van der Waals surface area contributed by atoms with Gasteiger partial charge in [-0.15, -0.1) is 22.7 Å². The molecule has 4 aromatic rings. The van der Waals surface area contributed by atoms with Gasteiger partial charge >= 0.3 is 0 Å². The molecule has 1 saturated heterocycles. The van der Waals surface area contributed by atoms with E-state index in [0.29, 0.717) is 6.54 Å². The summed E-state index contributed by atoms with van der Waals surface area (Å²) in [5.41, 5.74) is 5.55. The topological polar surface area (TPSA) is 178 Å². The van der Waals surface area contributed by atoms with E-state index in [-0.39, 0.29) is 47.7 Å². The van der Waals surface area contributed by atoms with Crippen molar-refractivity contribution in [1.29, 1.82) is 0 Å². The van der Waals surface area contributed by atoms with Gasteiger partial charge in [-0.3, -0.25) is 0 Å². The highest BCUT2D eigenvalue weighted by atomic mass is 32.2. The second-order valence-corrected chi connectivity index (χ2v) is 21.6. The number of thiophene rings is 2. The minimum absolute atomic E-state index is 0. The first-order chi connectivity index (χ1) is 23.1. The lowest BCUT2D eigenvalue weighted by molar-refractivity contribution is 0.309. The van der Waals surface area contributed by atoms with E-state index in [4.69, 9.17) is 5.73 Å². The smallest absolute Gasteiger partial charge is 0.215 e. The van der Waals surface area contributed by atoms with Crippen molar-refractivity contribution < 1.29 is 33.7 Å². The standard InChI is InChI=1S/C18H25N3O4S3.C14H14O4S3.CH4/c19-14-15-2-7-18(26-15)28(24,25)17-5-3-16(4-6-17)27(22,23)13-12-21-10-1-8-20-9-11-21;1-3-11-5-10-14(19-11)21(17,18)13-8-6-12(7-9-13)20(15,16)4-2;/h2-7,20H,1,8-14,19H2;4-10H,2-3H2,1H3;1H4. The molecule has 0 amide bonds. The lowest BCUT2D eigenvalue weighted by Crippen LogP contribution is -2.32. The van der Waals surface area contributed by atoms with Gasteiger partial charge in [0.05, 0.1) is 25.3 Å². The first kappa shape index (κ1) is 41.7. The average Bonchev–Trinajstić information content (AvgIpc) is 3.73. The van der Waals surface area contributed by atoms with Gasteiger partial charge in [-0.1, -0.05) is 20.9 Å². The Morgan fingerprint density at radius 3 is 1.70 bits per heavy atom. The molecule has 0 bridgehead atoms. The molecule has 0 atom stereocenters. The zero-order valence-electron chi connectivity index (χ0n) is 26.8. The van der Waals surface area contributed by atoms with Crippen LogP contribution in [-0.2, 0) is 52.3 Å². The maximum Gasteiger partial charge on any atom is 0.215 e. The largest absolute Gasteiger partial charge is 0.326 e. The molecule has 2 aromatic carbocycles. The number of hydrogen-bond donors (Lipinski definition) is 2. The van der Waals surface area contributed by atoms with Crippen LogP contribution in [0.15, 0.2) is 113 Å². The normalized spacial score (nSPS) is 14.5. The van der Waals surface area contributed by atoms with E-state index < -0.39 is 39.3 Å².